The highest BCUT2D eigenvalue weighted by Gasteiger charge is 2.35. The molecule has 7 heteroatoms. The molecular formula is C17H12O7. The molecule has 0 radical (unpaired) electrons. The summed E-state index contributed by atoms with van der Waals surface area (Å²) in [6.07, 6.45) is 0. The molecule has 0 fully saturated rings. The van der Waals surface area contributed by atoms with E-state index in [1.807, 2.05) is 0 Å². The molecule has 7 nitrogen and oxygen atoms in total. The lowest BCUT2D eigenvalue weighted by molar-refractivity contribution is 0.0696. The summed E-state index contributed by atoms with van der Waals surface area (Å²) in [4.78, 5) is 36.6. The number of rotatable bonds is 3. The SMILES string of the molecule is COc1cc2c(c(OC)c1O)C(=O)c1cc(C(=O)O)ccc1C2=O. The van der Waals surface area contributed by atoms with Crippen molar-refractivity contribution in [3.8, 4) is 17.2 Å². The van der Waals surface area contributed by atoms with Crippen molar-refractivity contribution in [1.82, 2.24) is 0 Å². The van der Waals surface area contributed by atoms with Crippen LogP contribution in [0.4, 0.5) is 0 Å². The zero-order valence-corrected chi connectivity index (χ0v) is 12.7. The molecule has 2 N–H and O–H groups in total. The Morgan fingerprint density at radius 1 is 0.958 bits per heavy atom. The van der Waals surface area contributed by atoms with Crippen LogP contribution in [0, 0.1) is 0 Å². The number of carboxylic acids is 1. The molecule has 122 valence electrons. The third-order valence-corrected chi connectivity index (χ3v) is 3.87. The predicted octanol–water partition coefficient (Wildman–Crippen LogP) is 1.88. The smallest absolute Gasteiger partial charge is 0.335 e. The molecule has 0 aromatic heterocycles. The molecule has 1 aliphatic rings. The molecule has 24 heavy (non-hydrogen) atoms. The van der Waals surface area contributed by atoms with Gasteiger partial charge in [-0.15, -0.1) is 0 Å². The lowest BCUT2D eigenvalue weighted by atomic mass is 9.82. The van der Waals surface area contributed by atoms with Gasteiger partial charge < -0.3 is 19.7 Å². The molecule has 0 saturated heterocycles. The number of carbonyl (C=O) groups excluding carboxylic acids is 2. The molecule has 2 aromatic carbocycles. The highest BCUT2D eigenvalue weighted by molar-refractivity contribution is 6.30. The van der Waals surface area contributed by atoms with E-state index >= 15 is 0 Å². The quantitative estimate of drug-likeness (QED) is 0.755. The van der Waals surface area contributed by atoms with Gasteiger partial charge in [-0.2, -0.15) is 0 Å². The van der Waals surface area contributed by atoms with Crippen LogP contribution in [0.3, 0.4) is 0 Å². The Morgan fingerprint density at radius 2 is 1.67 bits per heavy atom. The van der Waals surface area contributed by atoms with Crippen LogP contribution in [-0.4, -0.2) is 42.0 Å². The van der Waals surface area contributed by atoms with Crippen LogP contribution in [0.1, 0.15) is 42.2 Å². The van der Waals surface area contributed by atoms with Gasteiger partial charge in [0, 0.05) is 16.7 Å². The Hall–Kier alpha value is -3.35. The minimum atomic E-state index is -1.21. The van der Waals surface area contributed by atoms with Crippen molar-refractivity contribution in [3.05, 3.63) is 52.1 Å². The number of hydrogen-bond donors (Lipinski definition) is 2. The van der Waals surface area contributed by atoms with Crippen molar-refractivity contribution < 1.29 is 34.1 Å². The number of ether oxygens (including phenoxy) is 2. The second kappa shape index (κ2) is 5.38. The van der Waals surface area contributed by atoms with Crippen LogP contribution >= 0.6 is 0 Å². The summed E-state index contributed by atoms with van der Waals surface area (Å²) >= 11 is 0. The van der Waals surface area contributed by atoms with Crippen molar-refractivity contribution in [2.45, 2.75) is 0 Å². The number of aromatic hydroxyl groups is 1. The summed E-state index contributed by atoms with van der Waals surface area (Å²) in [6.45, 7) is 0. The fourth-order valence-electron chi connectivity index (χ4n) is 2.73. The lowest BCUT2D eigenvalue weighted by Crippen LogP contribution is -2.22. The predicted molar refractivity (Wildman–Crippen MR) is 81.5 cm³/mol. The minimum Gasteiger partial charge on any atom is -0.502 e. The monoisotopic (exact) mass is 328 g/mol. The standard InChI is InChI=1S/C17H12O7/c1-23-11-6-10-12(16(24-2)15(11)20)14(19)9-5-7(17(21)22)3-4-8(9)13(10)18/h3-6,20H,1-2H3,(H,21,22). The molecule has 0 aliphatic heterocycles. The Bertz CT molecular complexity index is 912. The van der Waals surface area contributed by atoms with Crippen molar-refractivity contribution in [3.63, 3.8) is 0 Å². The molecule has 0 amide bonds. The molecule has 0 heterocycles. The van der Waals surface area contributed by atoms with Crippen LogP contribution < -0.4 is 9.47 Å². The van der Waals surface area contributed by atoms with E-state index in [1.165, 1.54) is 32.4 Å². The van der Waals surface area contributed by atoms with Crippen LogP contribution in [0.2, 0.25) is 0 Å². The van der Waals surface area contributed by atoms with Gasteiger partial charge >= 0.3 is 5.97 Å². The minimum absolute atomic E-state index is 0.00245. The van der Waals surface area contributed by atoms with Crippen LogP contribution in [0.15, 0.2) is 24.3 Å². The Balaban J connectivity index is 2.33. The highest BCUT2D eigenvalue weighted by Crippen LogP contribution is 2.44. The van der Waals surface area contributed by atoms with Gasteiger partial charge in [0.05, 0.1) is 25.3 Å². The summed E-state index contributed by atoms with van der Waals surface area (Å²) in [7, 11) is 2.55. The summed E-state index contributed by atoms with van der Waals surface area (Å²) in [5.41, 5.74) is -0.157. The van der Waals surface area contributed by atoms with Gasteiger partial charge in [0.25, 0.3) is 0 Å². The first-order valence-electron chi connectivity index (χ1n) is 6.85. The van der Waals surface area contributed by atoms with Crippen molar-refractivity contribution in [2.24, 2.45) is 0 Å². The van der Waals surface area contributed by atoms with Gasteiger partial charge in [-0.3, -0.25) is 9.59 Å². The van der Waals surface area contributed by atoms with Crippen LogP contribution in [0.25, 0.3) is 0 Å². The topological polar surface area (TPSA) is 110 Å². The molecule has 0 spiro atoms. The largest absolute Gasteiger partial charge is 0.502 e. The van der Waals surface area contributed by atoms with E-state index < -0.39 is 23.3 Å². The first kappa shape index (κ1) is 15.5. The molecule has 3 rings (SSSR count). The number of phenols is 1. The zero-order valence-electron chi connectivity index (χ0n) is 12.7. The fourth-order valence-corrected chi connectivity index (χ4v) is 2.73. The van der Waals surface area contributed by atoms with E-state index in [2.05, 4.69) is 0 Å². The Labute approximate surface area is 136 Å². The van der Waals surface area contributed by atoms with Crippen LogP contribution in [0.5, 0.6) is 17.2 Å². The van der Waals surface area contributed by atoms with Crippen LogP contribution in [-0.2, 0) is 0 Å². The maximum absolute atomic E-state index is 12.8. The van der Waals surface area contributed by atoms with E-state index in [9.17, 15) is 19.5 Å². The number of aromatic carboxylic acids is 1. The highest BCUT2D eigenvalue weighted by atomic mass is 16.5. The molecule has 0 atom stereocenters. The number of phenolic OH excluding ortho intramolecular Hbond substituents is 1. The number of benzene rings is 2. The average Bonchev–Trinajstić information content (AvgIpc) is 2.58. The van der Waals surface area contributed by atoms with Gasteiger partial charge in [0.1, 0.15) is 0 Å². The van der Waals surface area contributed by atoms with E-state index in [0.717, 1.165) is 6.07 Å². The van der Waals surface area contributed by atoms with Crippen molar-refractivity contribution >= 4 is 17.5 Å². The van der Waals surface area contributed by atoms with Gasteiger partial charge in [0.15, 0.2) is 23.1 Å². The van der Waals surface area contributed by atoms with E-state index in [0.29, 0.717) is 0 Å². The third kappa shape index (κ3) is 2.02. The van der Waals surface area contributed by atoms with E-state index in [-0.39, 0.29) is 39.3 Å². The second-order valence-electron chi connectivity index (χ2n) is 5.11. The lowest BCUT2D eigenvalue weighted by Gasteiger charge is -2.21. The number of carbonyl (C=O) groups is 3. The number of fused-ring (bicyclic) bond motifs is 2. The number of ketones is 2. The number of hydrogen-bond acceptors (Lipinski definition) is 6. The molecule has 0 unspecified atom stereocenters. The van der Waals surface area contributed by atoms with Gasteiger partial charge in [-0.25, -0.2) is 4.79 Å². The first-order chi connectivity index (χ1) is 11.4. The summed E-state index contributed by atoms with van der Waals surface area (Å²) in [5, 5.41) is 19.2. The number of carboxylic acid groups (broad SMARTS) is 1. The Morgan fingerprint density at radius 3 is 2.25 bits per heavy atom. The molecule has 0 saturated carbocycles. The average molecular weight is 328 g/mol. The summed E-state index contributed by atoms with van der Waals surface area (Å²) < 4.78 is 10.1. The second-order valence-corrected chi connectivity index (χ2v) is 5.11. The van der Waals surface area contributed by atoms with Crippen molar-refractivity contribution in [1.29, 1.82) is 0 Å². The molecular weight excluding hydrogens is 316 g/mol. The molecule has 1 aliphatic carbocycles. The maximum atomic E-state index is 12.8. The van der Waals surface area contributed by atoms with Gasteiger partial charge in [0.2, 0.25) is 5.75 Å². The zero-order chi connectivity index (χ0) is 17.6. The number of methoxy groups -OCH3 is 2. The third-order valence-electron chi connectivity index (χ3n) is 3.87. The van der Waals surface area contributed by atoms with E-state index in [1.54, 1.807) is 0 Å². The van der Waals surface area contributed by atoms with Gasteiger partial charge in [-0.1, -0.05) is 0 Å². The van der Waals surface area contributed by atoms with E-state index in [4.69, 9.17) is 14.6 Å². The fraction of sp³-hybridized carbons (Fsp3) is 0.118. The normalized spacial score (nSPS) is 12.4. The summed E-state index contributed by atoms with van der Waals surface area (Å²) in [5.74, 6) is -2.89. The molecule has 0 bridgehead atoms. The van der Waals surface area contributed by atoms with Crippen molar-refractivity contribution in [2.75, 3.05) is 14.2 Å². The molecule has 2 aromatic rings. The Kier molecular flexibility index (Phi) is 3.48. The summed E-state index contributed by atoms with van der Waals surface area (Å²) in [6, 6.07) is 4.96. The maximum Gasteiger partial charge on any atom is 0.335 e. The first-order valence-corrected chi connectivity index (χ1v) is 6.85. The van der Waals surface area contributed by atoms with Gasteiger partial charge in [-0.05, 0) is 24.3 Å².